The minimum Gasteiger partial charge on any atom is -0.496 e. The molecule has 5 heteroatoms. The molecular formula is C15H21BrN2O2. The van der Waals surface area contributed by atoms with E-state index in [1.807, 2.05) is 0 Å². The molecule has 0 aliphatic carbocycles. The molecule has 110 valence electrons. The van der Waals surface area contributed by atoms with Crippen molar-refractivity contribution < 1.29 is 9.53 Å². The summed E-state index contributed by atoms with van der Waals surface area (Å²) in [6.45, 7) is 2.97. The summed E-state index contributed by atoms with van der Waals surface area (Å²) < 4.78 is 5.96. The van der Waals surface area contributed by atoms with E-state index in [0.29, 0.717) is 11.5 Å². The number of amides is 1. The number of hydrogen-bond acceptors (Lipinski definition) is 3. The molecule has 1 unspecified atom stereocenters. The second-order valence-electron chi connectivity index (χ2n) is 5.33. The fraction of sp³-hybridized carbons (Fsp3) is 0.533. The normalized spacial score (nSPS) is 19.6. The summed E-state index contributed by atoms with van der Waals surface area (Å²) in [4.78, 5) is 14.5. The van der Waals surface area contributed by atoms with Crippen molar-refractivity contribution in [3.63, 3.8) is 0 Å². The summed E-state index contributed by atoms with van der Waals surface area (Å²) in [5.74, 6) is 1.26. The van der Waals surface area contributed by atoms with Crippen LogP contribution in [-0.4, -0.2) is 44.6 Å². The smallest absolute Gasteiger partial charge is 0.251 e. The summed E-state index contributed by atoms with van der Waals surface area (Å²) in [6.07, 6.45) is 2.40. The number of nitrogens with zero attached hydrogens (tertiary/aromatic N) is 1. The second-order valence-corrected chi connectivity index (χ2v) is 6.18. The summed E-state index contributed by atoms with van der Waals surface area (Å²) in [6, 6.07) is 5.38. The van der Waals surface area contributed by atoms with Gasteiger partial charge in [0.05, 0.1) is 11.6 Å². The van der Waals surface area contributed by atoms with Crippen molar-refractivity contribution in [3.8, 4) is 5.75 Å². The lowest BCUT2D eigenvalue weighted by Crippen LogP contribution is -2.39. The predicted molar refractivity (Wildman–Crippen MR) is 83.2 cm³/mol. The summed E-state index contributed by atoms with van der Waals surface area (Å²) >= 11 is 3.40. The Morgan fingerprint density at radius 1 is 1.55 bits per heavy atom. The minimum absolute atomic E-state index is 0.0263. The third kappa shape index (κ3) is 3.96. The van der Waals surface area contributed by atoms with Gasteiger partial charge in [-0.3, -0.25) is 4.79 Å². The van der Waals surface area contributed by atoms with Crippen molar-refractivity contribution >= 4 is 21.8 Å². The van der Waals surface area contributed by atoms with E-state index in [9.17, 15) is 4.79 Å². The summed E-state index contributed by atoms with van der Waals surface area (Å²) in [5, 5.41) is 3.03. The van der Waals surface area contributed by atoms with E-state index in [1.165, 1.54) is 12.8 Å². The Balaban J connectivity index is 1.90. The molecule has 1 aliphatic heterocycles. The van der Waals surface area contributed by atoms with Crippen molar-refractivity contribution in [2.45, 2.75) is 12.8 Å². The van der Waals surface area contributed by atoms with Gasteiger partial charge < -0.3 is 15.0 Å². The van der Waals surface area contributed by atoms with E-state index in [0.717, 1.165) is 29.9 Å². The van der Waals surface area contributed by atoms with Gasteiger partial charge in [0.15, 0.2) is 0 Å². The molecule has 1 saturated heterocycles. The first-order valence-corrected chi connectivity index (χ1v) is 7.69. The lowest BCUT2D eigenvalue weighted by molar-refractivity contribution is 0.0936. The number of piperidine rings is 1. The second kappa shape index (κ2) is 7.09. The van der Waals surface area contributed by atoms with Crippen LogP contribution in [0.4, 0.5) is 0 Å². The Morgan fingerprint density at radius 3 is 3.00 bits per heavy atom. The zero-order valence-corrected chi connectivity index (χ0v) is 13.6. The van der Waals surface area contributed by atoms with E-state index in [-0.39, 0.29) is 5.91 Å². The van der Waals surface area contributed by atoms with Crippen molar-refractivity contribution in [2.75, 3.05) is 33.8 Å². The standard InChI is InChI=1S/C15H21BrN2O2/c1-18-7-3-4-11(10-18)9-17-15(19)12-5-6-14(20-2)13(16)8-12/h5-6,8,11H,3-4,7,9-10H2,1-2H3,(H,17,19). The molecule has 0 saturated carbocycles. The van der Waals surface area contributed by atoms with Gasteiger partial charge in [0.2, 0.25) is 0 Å². The quantitative estimate of drug-likeness (QED) is 0.915. The maximum absolute atomic E-state index is 12.1. The van der Waals surface area contributed by atoms with Crippen LogP contribution in [0, 0.1) is 5.92 Å². The number of ether oxygens (including phenoxy) is 1. The highest BCUT2D eigenvalue weighted by Crippen LogP contribution is 2.25. The first-order valence-electron chi connectivity index (χ1n) is 6.90. The molecule has 4 nitrogen and oxygen atoms in total. The maximum Gasteiger partial charge on any atom is 0.251 e. The van der Waals surface area contributed by atoms with E-state index in [1.54, 1.807) is 25.3 Å². The van der Waals surface area contributed by atoms with Gasteiger partial charge in [0.25, 0.3) is 5.91 Å². The highest BCUT2D eigenvalue weighted by Gasteiger charge is 2.18. The van der Waals surface area contributed by atoms with Gasteiger partial charge in [0.1, 0.15) is 5.75 Å². The van der Waals surface area contributed by atoms with Gasteiger partial charge in [-0.15, -0.1) is 0 Å². The number of nitrogens with one attached hydrogen (secondary N) is 1. The Hall–Kier alpha value is -1.07. The van der Waals surface area contributed by atoms with Crippen LogP contribution in [0.3, 0.4) is 0 Å². The van der Waals surface area contributed by atoms with Gasteiger partial charge in [-0.1, -0.05) is 0 Å². The fourth-order valence-electron chi connectivity index (χ4n) is 2.59. The van der Waals surface area contributed by atoms with Crippen LogP contribution < -0.4 is 10.1 Å². The van der Waals surface area contributed by atoms with Crippen molar-refractivity contribution in [1.29, 1.82) is 0 Å². The number of halogens is 1. The lowest BCUT2D eigenvalue weighted by atomic mass is 9.98. The molecule has 1 fully saturated rings. The molecule has 1 aromatic rings. The molecule has 1 N–H and O–H groups in total. The predicted octanol–water partition coefficient (Wildman–Crippen LogP) is 2.53. The Kier molecular flexibility index (Phi) is 5.43. The first-order chi connectivity index (χ1) is 9.60. The zero-order valence-electron chi connectivity index (χ0n) is 12.0. The molecule has 1 atom stereocenters. The molecule has 1 amide bonds. The molecule has 0 aromatic heterocycles. The average Bonchev–Trinajstić information content (AvgIpc) is 2.44. The molecule has 0 radical (unpaired) electrons. The molecule has 1 heterocycles. The van der Waals surface area contributed by atoms with Gasteiger partial charge in [-0.25, -0.2) is 0 Å². The van der Waals surface area contributed by atoms with Gasteiger partial charge in [0, 0.05) is 18.7 Å². The lowest BCUT2D eigenvalue weighted by Gasteiger charge is -2.29. The number of carbonyl (C=O) groups excluding carboxylic acids is 1. The fourth-order valence-corrected chi connectivity index (χ4v) is 3.13. The molecule has 20 heavy (non-hydrogen) atoms. The number of benzene rings is 1. The first kappa shape index (κ1) is 15.3. The molecule has 0 spiro atoms. The van der Waals surface area contributed by atoms with Crippen LogP contribution in [-0.2, 0) is 0 Å². The number of rotatable bonds is 4. The number of carbonyl (C=O) groups is 1. The largest absolute Gasteiger partial charge is 0.496 e. The molecular weight excluding hydrogens is 320 g/mol. The minimum atomic E-state index is -0.0263. The number of likely N-dealkylation sites (tertiary alicyclic amines) is 1. The van der Waals surface area contributed by atoms with Crippen LogP contribution in [0.5, 0.6) is 5.75 Å². The van der Waals surface area contributed by atoms with Crippen LogP contribution in [0.1, 0.15) is 23.2 Å². The van der Waals surface area contributed by atoms with Crippen molar-refractivity contribution in [1.82, 2.24) is 10.2 Å². The highest BCUT2D eigenvalue weighted by atomic mass is 79.9. The van der Waals surface area contributed by atoms with E-state index in [2.05, 4.69) is 33.2 Å². The van der Waals surface area contributed by atoms with Crippen molar-refractivity contribution in [2.24, 2.45) is 5.92 Å². The number of hydrogen-bond donors (Lipinski definition) is 1. The highest BCUT2D eigenvalue weighted by molar-refractivity contribution is 9.10. The monoisotopic (exact) mass is 340 g/mol. The molecule has 1 aromatic carbocycles. The number of methoxy groups -OCH3 is 1. The topological polar surface area (TPSA) is 41.6 Å². The van der Waals surface area contributed by atoms with E-state index in [4.69, 9.17) is 4.74 Å². The molecule has 2 rings (SSSR count). The van der Waals surface area contributed by atoms with Crippen LogP contribution >= 0.6 is 15.9 Å². The van der Waals surface area contributed by atoms with Gasteiger partial charge >= 0.3 is 0 Å². The Labute approximate surface area is 128 Å². The van der Waals surface area contributed by atoms with Crippen molar-refractivity contribution in [3.05, 3.63) is 28.2 Å². The van der Waals surface area contributed by atoms with Crippen LogP contribution in [0.2, 0.25) is 0 Å². The summed E-state index contributed by atoms with van der Waals surface area (Å²) in [5.41, 5.74) is 0.654. The average molecular weight is 341 g/mol. The molecule has 1 aliphatic rings. The zero-order chi connectivity index (χ0) is 14.5. The third-order valence-corrected chi connectivity index (χ3v) is 4.31. The third-order valence-electron chi connectivity index (χ3n) is 3.69. The maximum atomic E-state index is 12.1. The van der Waals surface area contributed by atoms with E-state index < -0.39 is 0 Å². The Morgan fingerprint density at radius 2 is 2.35 bits per heavy atom. The van der Waals surface area contributed by atoms with Crippen LogP contribution in [0.15, 0.2) is 22.7 Å². The van der Waals surface area contributed by atoms with Crippen LogP contribution in [0.25, 0.3) is 0 Å². The Bertz CT molecular complexity index is 479. The SMILES string of the molecule is COc1ccc(C(=O)NCC2CCCN(C)C2)cc1Br. The molecule has 0 bridgehead atoms. The van der Waals surface area contributed by atoms with Gasteiger partial charge in [-0.2, -0.15) is 0 Å². The van der Waals surface area contributed by atoms with Gasteiger partial charge in [-0.05, 0) is 66.5 Å². The van der Waals surface area contributed by atoms with E-state index >= 15 is 0 Å². The summed E-state index contributed by atoms with van der Waals surface area (Å²) in [7, 11) is 3.74.